The van der Waals surface area contributed by atoms with E-state index in [0.29, 0.717) is 48.6 Å². The molecule has 0 aliphatic carbocycles. The zero-order valence-corrected chi connectivity index (χ0v) is 19.4. The molecular formula is C24H23N3O9. The van der Waals surface area contributed by atoms with Gasteiger partial charge in [-0.2, -0.15) is 0 Å². The second kappa shape index (κ2) is 10.9. The average molecular weight is 497 g/mol. The Morgan fingerprint density at radius 3 is 2.61 bits per heavy atom. The van der Waals surface area contributed by atoms with E-state index < -0.39 is 22.6 Å². The van der Waals surface area contributed by atoms with E-state index in [0.717, 1.165) is 0 Å². The summed E-state index contributed by atoms with van der Waals surface area (Å²) in [5, 5.41) is 14.3. The maximum absolute atomic E-state index is 13.0. The minimum atomic E-state index is -0.776. The van der Waals surface area contributed by atoms with Crippen LogP contribution in [0.2, 0.25) is 0 Å². The minimum Gasteiger partial charge on any atom is -0.457 e. The van der Waals surface area contributed by atoms with Crippen LogP contribution in [-0.2, 0) is 20.8 Å². The highest BCUT2D eigenvalue weighted by molar-refractivity contribution is 5.97. The summed E-state index contributed by atoms with van der Waals surface area (Å²) in [6.45, 7) is 3.55. The van der Waals surface area contributed by atoms with Crippen LogP contribution < -0.4 is 15.8 Å². The van der Waals surface area contributed by atoms with Gasteiger partial charge in [-0.05, 0) is 25.1 Å². The van der Waals surface area contributed by atoms with E-state index in [4.69, 9.17) is 18.6 Å². The Morgan fingerprint density at radius 1 is 1.11 bits per heavy atom. The first kappa shape index (κ1) is 24.7. The Labute approximate surface area is 204 Å². The summed E-state index contributed by atoms with van der Waals surface area (Å²) in [6, 6.07) is 9.87. The summed E-state index contributed by atoms with van der Waals surface area (Å²) in [5.74, 6) is -0.776. The molecule has 3 aromatic rings. The van der Waals surface area contributed by atoms with Gasteiger partial charge in [-0.25, -0.2) is 14.4 Å². The summed E-state index contributed by atoms with van der Waals surface area (Å²) in [6.07, 6.45) is -0.655. The summed E-state index contributed by atoms with van der Waals surface area (Å²) in [4.78, 5) is 49.4. The molecule has 1 N–H and O–H groups in total. The van der Waals surface area contributed by atoms with Crippen molar-refractivity contribution in [2.75, 3.05) is 43.1 Å². The van der Waals surface area contributed by atoms with Crippen LogP contribution in [0.5, 0.6) is 0 Å². The third-order valence-corrected chi connectivity index (χ3v) is 5.47. The van der Waals surface area contributed by atoms with Gasteiger partial charge in [0.1, 0.15) is 12.2 Å². The van der Waals surface area contributed by atoms with E-state index in [1.165, 1.54) is 30.3 Å². The van der Waals surface area contributed by atoms with E-state index in [-0.39, 0.29) is 30.0 Å². The van der Waals surface area contributed by atoms with Gasteiger partial charge in [0, 0.05) is 54.0 Å². The number of anilines is 2. The number of ether oxygens (including phenoxy) is 3. The third kappa shape index (κ3) is 5.61. The first-order valence-corrected chi connectivity index (χ1v) is 11.1. The average Bonchev–Trinajstić information content (AvgIpc) is 2.87. The van der Waals surface area contributed by atoms with Crippen molar-refractivity contribution in [3.05, 3.63) is 74.1 Å². The van der Waals surface area contributed by atoms with Crippen LogP contribution in [-0.4, -0.2) is 49.9 Å². The zero-order valence-electron chi connectivity index (χ0n) is 19.4. The largest absolute Gasteiger partial charge is 0.457 e. The molecular weight excluding hydrogens is 474 g/mol. The van der Waals surface area contributed by atoms with Crippen LogP contribution in [0.3, 0.4) is 0 Å². The van der Waals surface area contributed by atoms with Gasteiger partial charge in [-0.1, -0.05) is 0 Å². The van der Waals surface area contributed by atoms with Gasteiger partial charge in [-0.15, -0.1) is 0 Å². The predicted octanol–water partition coefficient (Wildman–Crippen LogP) is 3.46. The number of nitrogens with one attached hydrogen (secondary N) is 1. The van der Waals surface area contributed by atoms with Crippen molar-refractivity contribution in [1.29, 1.82) is 0 Å². The number of benzene rings is 2. The number of nitro benzene ring substituents is 1. The lowest BCUT2D eigenvalue weighted by molar-refractivity contribution is -0.384. The molecule has 1 amide bonds. The second-order valence-electron chi connectivity index (χ2n) is 7.78. The fraction of sp³-hybridized carbons (Fsp3) is 0.292. The van der Waals surface area contributed by atoms with Crippen molar-refractivity contribution in [2.24, 2.45) is 0 Å². The molecule has 12 heteroatoms. The Balaban J connectivity index is 1.59. The van der Waals surface area contributed by atoms with Crippen LogP contribution in [0.4, 0.5) is 21.9 Å². The van der Waals surface area contributed by atoms with Gasteiger partial charge in [0.15, 0.2) is 0 Å². The van der Waals surface area contributed by atoms with Crippen molar-refractivity contribution < 1.29 is 33.1 Å². The van der Waals surface area contributed by atoms with Crippen LogP contribution in [0, 0.1) is 10.1 Å². The number of hydrogen-bond acceptors (Lipinski definition) is 10. The Hall–Kier alpha value is -4.45. The highest BCUT2D eigenvalue weighted by Crippen LogP contribution is 2.28. The quantitative estimate of drug-likeness (QED) is 0.222. The molecule has 1 aromatic heterocycles. The molecule has 0 saturated carbocycles. The maximum Gasteiger partial charge on any atom is 0.411 e. The van der Waals surface area contributed by atoms with Crippen molar-refractivity contribution in [3.8, 4) is 0 Å². The molecule has 0 atom stereocenters. The predicted molar refractivity (Wildman–Crippen MR) is 128 cm³/mol. The highest BCUT2D eigenvalue weighted by atomic mass is 16.6. The SMILES string of the molecule is CCOC(=O)Nc1ccc2c(COC(=O)c3cc([N+](=O)[O-])ccc3N3CCOCC3)cc(=O)oc2c1. The van der Waals surface area contributed by atoms with Gasteiger partial charge in [0.2, 0.25) is 0 Å². The number of non-ortho nitro benzene ring substituents is 1. The Bertz CT molecular complexity index is 1360. The minimum absolute atomic E-state index is 0.0410. The van der Waals surface area contributed by atoms with Gasteiger partial charge in [0.25, 0.3) is 5.69 Å². The Morgan fingerprint density at radius 2 is 1.89 bits per heavy atom. The highest BCUT2D eigenvalue weighted by Gasteiger charge is 2.23. The molecule has 1 fully saturated rings. The lowest BCUT2D eigenvalue weighted by Crippen LogP contribution is -2.37. The number of carbonyl (C=O) groups is 2. The number of esters is 1. The van der Waals surface area contributed by atoms with Crippen molar-refractivity contribution in [1.82, 2.24) is 0 Å². The normalized spacial score (nSPS) is 13.3. The molecule has 1 saturated heterocycles. The number of nitro groups is 1. The van der Waals surface area contributed by atoms with Crippen LogP contribution in [0.25, 0.3) is 11.0 Å². The summed E-state index contributed by atoms with van der Waals surface area (Å²) < 4.78 is 20.9. The molecule has 2 aromatic carbocycles. The first-order chi connectivity index (χ1) is 17.4. The van der Waals surface area contributed by atoms with Gasteiger partial charge < -0.3 is 23.5 Å². The fourth-order valence-corrected chi connectivity index (χ4v) is 3.81. The molecule has 1 aliphatic rings. The lowest BCUT2D eigenvalue weighted by Gasteiger charge is -2.30. The van der Waals surface area contributed by atoms with Crippen molar-refractivity contribution >= 4 is 40.1 Å². The lowest BCUT2D eigenvalue weighted by atomic mass is 10.1. The van der Waals surface area contributed by atoms with Crippen LogP contribution in [0.1, 0.15) is 22.8 Å². The molecule has 2 heterocycles. The maximum atomic E-state index is 13.0. The molecule has 36 heavy (non-hydrogen) atoms. The smallest absolute Gasteiger partial charge is 0.411 e. The van der Waals surface area contributed by atoms with Crippen molar-refractivity contribution in [2.45, 2.75) is 13.5 Å². The summed E-state index contributed by atoms with van der Waals surface area (Å²) in [5.41, 5.74) is 0.519. The van der Waals surface area contributed by atoms with Crippen LogP contribution >= 0.6 is 0 Å². The second-order valence-corrected chi connectivity index (χ2v) is 7.78. The first-order valence-electron chi connectivity index (χ1n) is 11.1. The third-order valence-electron chi connectivity index (χ3n) is 5.47. The van der Waals surface area contributed by atoms with E-state index >= 15 is 0 Å². The standard InChI is InChI=1S/C24H23N3O9/c1-2-34-24(30)25-16-3-5-18-15(11-22(28)36-21(18)12-16)14-35-23(29)19-13-17(27(31)32)4-6-20(19)26-7-9-33-10-8-26/h3-6,11-13H,2,7-10,14H2,1H3,(H,25,30). The number of hydrogen-bond donors (Lipinski definition) is 1. The zero-order chi connectivity index (χ0) is 25.7. The van der Waals surface area contributed by atoms with E-state index in [2.05, 4.69) is 5.32 Å². The Kier molecular flexibility index (Phi) is 7.44. The summed E-state index contributed by atoms with van der Waals surface area (Å²) >= 11 is 0. The molecule has 0 spiro atoms. The monoisotopic (exact) mass is 497 g/mol. The van der Waals surface area contributed by atoms with Gasteiger partial charge in [0.05, 0.1) is 36.0 Å². The number of rotatable bonds is 7. The molecule has 12 nitrogen and oxygen atoms in total. The van der Waals surface area contributed by atoms with E-state index in [9.17, 15) is 24.5 Å². The van der Waals surface area contributed by atoms with E-state index in [1.807, 2.05) is 4.90 Å². The molecule has 4 rings (SSSR count). The number of amides is 1. The van der Waals surface area contributed by atoms with Crippen LogP contribution in [0.15, 0.2) is 51.7 Å². The number of nitrogens with zero attached hydrogens (tertiary/aromatic N) is 2. The van der Waals surface area contributed by atoms with Crippen molar-refractivity contribution in [3.63, 3.8) is 0 Å². The number of carbonyl (C=O) groups excluding carboxylic acids is 2. The molecule has 0 unspecified atom stereocenters. The molecule has 1 aliphatic heterocycles. The number of fused-ring (bicyclic) bond motifs is 1. The fourth-order valence-electron chi connectivity index (χ4n) is 3.81. The summed E-state index contributed by atoms with van der Waals surface area (Å²) in [7, 11) is 0. The van der Waals surface area contributed by atoms with E-state index in [1.54, 1.807) is 19.1 Å². The molecule has 0 bridgehead atoms. The topological polar surface area (TPSA) is 150 Å². The number of morpholine rings is 1. The molecule has 188 valence electrons. The van der Waals surface area contributed by atoms with Gasteiger partial charge in [-0.3, -0.25) is 15.4 Å². The van der Waals surface area contributed by atoms with Gasteiger partial charge >= 0.3 is 17.7 Å². The molecule has 0 radical (unpaired) electrons.